The van der Waals surface area contributed by atoms with Crippen molar-refractivity contribution in [1.82, 2.24) is 10.2 Å². The van der Waals surface area contributed by atoms with Crippen LogP contribution in [0, 0.1) is 6.92 Å². The van der Waals surface area contributed by atoms with Crippen molar-refractivity contribution in [3.05, 3.63) is 52.9 Å². The molecule has 0 fully saturated rings. The Balaban J connectivity index is 1.70. The number of nitrogens with zero attached hydrogens (tertiary/aromatic N) is 2. The van der Waals surface area contributed by atoms with Crippen LogP contribution in [0.4, 0.5) is 0 Å². The number of thioether (sulfide) groups is 1. The van der Waals surface area contributed by atoms with Crippen LogP contribution in [-0.2, 0) is 5.75 Å². The molecule has 0 amide bonds. The summed E-state index contributed by atoms with van der Waals surface area (Å²) >= 11 is 3.17. The average Bonchev–Trinajstić information content (AvgIpc) is 3.09. The minimum Gasteiger partial charge on any atom is -0.410 e. The van der Waals surface area contributed by atoms with Crippen molar-refractivity contribution in [2.45, 2.75) is 17.9 Å². The summed E-state index contributed by atoms with van der Waals surface area (Å²) in [5.74, 6) is 1.45. The summed E-state index contributed by atoms with van der Waals surface area (Å²) in [5.41, 5.74) is 2.58. The fourth-order valence-corrected chi connectivity index (χ4v) is 3.16. The lowest BCUT2D eigenvalue weighted by Gasteiger charge is -2.01. The first kappa shape index (κ1) is 12.4. The van der Waals surface area contributed by atoms with Gasteiger partial charge in [-0.05, 0) is 29.5 Å². The van der Waals surface area contributed by atoms with Gasteiger partial charge in [-0.25, -0.2) is 0 Å². The predicted molar refractivity (Wildman–Crippen MR) is 78.4 cm³/mol. The van der Waals surface area contributed by atoms with E-state index in [4.69, 9.17) is 4.42 Å². The summed E-state index contributed by atoms with van der Waals surface area (Å²) in [6.07, 6.45) is 0. The second-order valence-electron chi connectivity index (χ2n) is 4.07. The van der Waals surface area contributed by atoms with E-state index in [0.717, 1.165) is 10.6 Å². The van der Waals surface area contributed by atoms with Crippen LogP contribution >= 0.6 is 23.1 Å². The lowest BCUT2D eigenvalue weighted by atomic mass is 10.1. The maximum atomic E-state index is 5.64. The summed E-state index contributed by atoms with van der Waals surface area (Å²) in [5, 5.41) is 10.8. The molecule has 0 aliphatic rings. The van der Waals surface area contributed by atoms with Crippen LogP contribution in [-0.4, -0.2) is 10.2 Å². The molecule has 0 aliphatic carbocycles. The van der Waals surface area contributed by atoms with Gasteiger partial charge in [0.15, 0.2) is 0 Å². The molecule has 2 aromatic heterocycles. The first-order chi connectivity index (χ1) is 9.33. The van der Waals surface area contributed by atoms with Crippen molar-refractivity contribution >= 4 is 23.1 Å². The summed E-state index contributed by atoms with van der Waals surface area (Å²) in [6, 6.07) is 12.3. The van der Waals surface area contributed by atoms with E-state index in [-0.39, 0.29) is 0 Å². The quantitative estimate of drug-likeness (QED) is 0.667. The third-order valence-corrected chi connectivity index (χ3v) is 4.48. The zero-order chi connectivity index (χ0) is 13.1. The van der Waals surface area contributed by atoms with E-state index >= 15 is 0 Å². The molecule has 19 heavy (non-hydrogen) atoms. The minimum absolute atomic E-state index is 0.599. The molecule has 0 saturated heterocycles. The predicted octanol–water partition coefficient (Wildman–Crippen LogP) is 4.40. The highest BCUT2D eigenvalue weighted by molar-refractivity contribution is 7.98. The van der Waals surface area contributed by atoms with Gasteiger partial charge in [0.05, 0.1) is 4.88 Å². The zero-order valence-electron chi connectivity index (χ0n) is 10.4. The van der Waals surface area contributed by atoms with Gasteiger partial charge in [0.1, 0.15) is 0 Å². The smallest absolute Gasteiger partial charge is 0.277 e. The Hall–Kier alpha value is -1.59. The van der Waals surface area contributed by atoms with Gasteiger partial charge < -0.3 is 4.42 Å². The molecule has 0 atom stereocenters. The van der Waals surface area contributed by atoms with E-state index < -0.39 is 0 Å². The molecule has 2 heterocycles. The molecular formula is C14H12N2OS2. The fraction of sp³-hybridized carbons (Fsp3) is 0.143. The van der Waals surface area contributed by atoms with Crippen molar-refractivity contribution in [1.29, 1.82) is 0 Å². The van der Waals surface area contributed by atoms with Crippen LogP contribution in [0.3, 0.4) is 0 Å². The van der Waals surface area contributed by atoms with Crippen LogP contribution in [0.2, 0.25) is 0 Å². The fourth-order valence-electron chi connectivity index (χ4n) is 1.68. The second-order valence-corrected chi connectivity index (χ2v) is 5.94. The van der Waals surface area contributed by atoms with Crippen LogP contribution < -0.4 is 0 Å². The van der Waals surface area contributed by atoms with Crippen molar-refractivity contribution < 1.29 is 4.42 Å². The van der Waals surface area contributed by atoms with Gasteiger partial charge in [-0.1, -0.05) is 42.1 Å². The molecule has 0 aliphatic heterocycles. The Labute approximate surface area is 119 Å². The normalized spacial score (nSPS) is 10.8. The van der Waals surface area contributed by atoms with E-state index in [0.29, 0.717) is 11.1 Å². The van der Waals surface area contributed by atoms with Crippen molar-refractivity contribution in [3.63, 3.8) is 0 Å². The number of benzene rings is 1. The molecule has 3 nitrogen and oxygen atoms in total. The van der Waals surface area contributed by atoms with Gasteiger partial charge in [-0.3, -0.25) is 0 Å². The molecule has 0 saturated carbocycles. The molecule has 0 N–H and O–H groups in total. The van der Waals surface area contributed by atoms with E-state index in [1.54, 1.807) is 23.1 Å². The molecule has 5 heteroatoms. The van der Waals surface area contributed by atoms with Gasteiger partial charge in [-0.2, -0.15) is 0 Å². The Kier molecular flexibility index (Phi) is 3.66. The highest BCUT2D eigenvalue weighted by Gasteiger charge is 2.10. The topological polar surface area (TPSA) is 38.9 Å². The second kappa shape index (κ2) is 5.59. The average molecular weight is 288 g/mol. The minimum atomic E-state index is 0.599. The number of hydrogen-bond acceptors (Lipinski definition) is 5. The number of aromatic nitrogens is 2. The highest BCUT2D eigenvalue weighted by Crippen LogP contribution is 2.28. The SMILES string of the molecule is Cc1ccccc1CSc1nnc(-c2cccs2)o1. The van der Waals surface area contributed by atoms with Crippen LogP contribution in [0.1, 0.15) is 11.1 Å². The lowest BCUT2D eigenvalue weighted by molar-refractivity contribution is 0.466. The molecule has 96 valence electrons. The van der Waals surface area contributed by atoms with E-state index in [1.165, 1.54) is 11.1 Å². The van der Waals surface area contributed by atoms with Crippen LogP contribution in [0.15, 0.2) is 51.4 Å². The monoisotopic (exact) mass is 288 g/mol. The van der Waals surface area contributed by atoms with Crippen LogP contribution in [0.5, 0.6) is 0 Å². The molecule has 0 spiro atoms. The largest absolute Gasteiger partial charge is 0.410 e. The molecule has 1 aromatic carbocycles. The van der Waals surface area contributed by atoms with Gasteiger partial charge in [-0.15, -0.1) is 21.5 Å². The van der Waals surface area contributed by atoms with Crippen molar-refractivity contribution in [2.75, 3.05) is 0 Å². The summed E-state index contributed by atoms with van der Waals surface area (Å²) in [6.45, 7) is 2.11. The first-order valence-corrected chi connectivity index (χ1v) is 7.74. The Bertz CT molecular complexity index is 662. The Morgan fingerprint density at radius 1 is 1.16 bits per heavy atom. The maximum absolute atomic E-state index is 5.64. The Morgan fingerprint density at radius 2 is 2.05 bits per heavy atom. The number of rotatable bonds is 4. The third kappa shape index (κ3) is 2.88. The summed E-state index contributed by atoms with van der Waals surface area (Å²) in [4.78, 5) is 1.01. The summed E-state index contributed by atoms with van der Waals surface area (Å²) < 4.78 is 5.64. The number of hydrogen-bond donors (Lipinski definition) is 0. The molecule has 0 bridgehead atoms. The van der Waals surface area contributed by atoms with Crippen LogP contribution in [0.25, 0.3) is 10.8 Å². The van der Waals surface area contributed by atoms with Gasteiger partial charge in [0.25, 0.3) is 11.1 Å². The Morgan fingerprint density at radius 3 is 2.84 bits per heavy atom. The maximum Gasteiger partial charge on any atom is 0.277 e. The van der Waals surface area contributed by atoms with Gasteiger partial charge in [0, 0.05) is 5.75 Å². The van der Waals surface area contributed by atoms with E-state index in [1.807, 2.05) is 29.6 Å². The number of aryl methyl sites for hydroxylation is 1. The first-order valence-electron chi connectivity index (χ1n) is 5.87. The molecule has 0 unspecified atom stereocenters. The molecule has 0 radical (unpaired) electrons. The van der Waals surface area contributed by atoms with Gasteiger partial charge in [0.2, 0.25) is 0 Å². The van der Waals surface area contributed by atoms with E-state index in [9.17, 15) is 0 Å². The molecule has 3 aromatic rings. The van der Waals surface area contributed by atoms with Gasteiger partial charge >= 0.3 is 0 Å². The molecule has 3 rings (SSSR count). The summed E-state index contributed by atoms with van der Waals surface area (Å²) in [7, 11) is 0. The zero-order valence-corrected chi connectivity index (χ0v) is 12.0. The van der Waals surface area contributed by atoms with E-state index in [2.05, 4.69) is 29.3 Å². The number of thiophene rings is 1. The standard InChI is InChI=1S/C14H12N2OS2/c1-10-5-2-3-6-11(10)9-19-14-16-15-13(17-14)12-7-4-8-18-12/h2-8H,9H2,1H3. The van der Waals surface area contributed by atoms with Crippen molar-refractivity contribution in [2.24, 2.45) is 0 Å². The van der Waals surface area contributed by atoms with Crippen molar-refractivity contribution in [3.8, 4) is 10.8 Å². The lowest BCUT2D eigenvalue weighted by Crippen LogP contribution is -1.85. The molecular weight excluding hydrogens is 276 g/mol. The highest BCUT2D eigenvalue weighted by atomic mass is 32.2. The third-order valence-electron chi connectivity index (χ3n) is 2.75.